The predicted octanol–water partition coefficient (Wildman–Crippen LogP) is 13.6. The van der Waals surface area contributed by atoms with E-state index in [0.29, 0.717) is 0 Å². The minimum absolute atomic E-state index is 1.15. The van der Waals surface area contributed by atoms with Crippen LogP contribution in [-0.4, -0.2) is 9.13 Å². The van der Waals surface area contributed by atoms with Gasteiger partial charge in [-0.3, -0.25) is 0 Å². The smallest absolute Gasteiger partial charge is 0.0548 e. The van der Waals surface area contributed by atoms with Gasteiger partial charge in [0, 0.05) is 53.1 Å². The normalized spacial score (nSPS) is 11.9. The molecule has 2 nitrogen and oxygen atoms in total. The molecule has 0 spiro atoms. The van der Waals surface area contributed by atoms with Gasteiger partial charge in [-0.05, 0) is 82.9 Å². The van der Waals surface area contributed by atoms with E-state index in [1.807, 2.05) is 11.3 Å². The minimum atomic E-state index is 1.15. The Labute approximate surface area is 298 Å². The van der Waals surface area contributed by atoms with Gasteiger partial charge in [0.2, 0.25) is 0 Å². The Morgan fingerprint density at radius 2 is 0.765 bits per heavy atom. The van der Waals surface area contributed by atoms with E-state index in [4.69, 9.17) is 0 Å². The monoisotopic (exact) mass is 666 g/mol. The summed E-state index contributed by atoms with van der Waals surface area (Å²) in [5.74, 6) is 0. The Morgan fingerprint density at radius 1 is 0.275 bits per heavy atom. The Balaban J connectivity index is 1.21. The summed E-state index contributed by atoms with van der Waals surface area (Å²) < 4.78 is 7.57. The Kier molecular flexibility index (Phi) is 6.16. The molecule has 0 aliphatic heterocycles. The van der Waals surface area contributed by atoms with Gasteiger partial charge in [-0.15, -0.1) is 11.3 Å². The van der Waals surface area contributed by atoms with E-state index in [2.05, 4.69) is 191 Å². The first-order valence-corrected chi connectivity index (χ1v) is 18.2. The van der Waals surface area contributed by atoms with Crippen LogP contribution in [0.3, 0.4) is 0 Å². The van der Waals surface area contributed by atoms with Crippen molar-refractivity contribution in [3.8, 4) is 33.6 Å². The molecule has 11 rings (SSSR count). The Morgan fingerprint density at radius 3 is 1.37 bits per heavy atom. The average Bonchev–Trinajstić information content (AvgIpc) is 3.84. The molecule has 3 aromatic heterocycles. The van der Waals surface area contributed by atoms with Gasteiger partial charge in [-0.25, -0.2) is 0 Å². The van der Waals surface area contributed by atoms with E-state index in [-0.39, 0.29) is 0 Å². The number of para-hydroxylation sites is 2. The summed E-state index contributed by atoms with van der Waals surface area (Å²) in [6.07, 6.45) is 0. The largest absolute Gasteiger partial charge is 0.309 e. The molecule has 0 radical (unpaired) electrons. The molecule has 0 aliphatic carbocycles. The van der Waals surface area contributed by atoms with Crippen molar-refractivity contribution in [2.45, 2.75) is 0 Å². The molecule has 0 saturated carbocycles. The lowest BCUT2D eigenvalue weighted by Crippen LogP contribution is -1.96. The van der Waals surface area contributed by atoms with Gasteiger partial charge in [0.1, 0.15) is 0 Å². The maximum atomic E-state index is 2.47. The standard InChI is InChI=1S/C48H30N2S/c1-3-13-31(14-4-1)33-25-34(32-15-5-2-6-16-32)27-36(26-33)50-44-21-11-8-18-38(44)42-29-45-41(30-46(42)50)37-17-7-10-20-43(37)49(45)35-23-24-40-39-19-9-12-22-47(39)51-48(40)28-35/h1-30H. The van der Waals surface area contributed by atoms with Crippen molar-refractivity contribution in [1.82, 2.24) is 9.13 Å². The van der Waals surface area contributed by atoms with Crippen LogP contribution < -0.4 is 0 Å². The minimum Gasteiger partial charge on any atom is -0.309 e. The van der Waals surface area contributed by atoms with Crippen molar-refractivity contribution in [2.24, 2.45) is 0 Å². The molecule has 3 heterocycles. The lowest BCUT2D eigenvalue weighted by molar-refractivity contribution is 1.18. The second kappa shape index (κ2) is 11.0. The molecule has 3 heteroatoms. The van der Waals surface area contributed by atoms with Gasteiger partial charge < -0.3 is 9.13 Å². The van der Waals surface area contributed by atoms with Gasteiger partial charge in [-0.2, -0.15) is 0 Å². The molecule has 0 saturated heterocycles. The fourth-order valence-electron chi connectivity index (χ4n) is 8.18. The molecule has 11 aromatic rings. The van der Waals surface area contributed by atoms with E-state index in [0.717, 1.165) is 5.69 Å². The van der Waals surface area contributed by atoms with Crippen molar-refractivity contribution in [2.75, 3.05) is 0 Å². The van der Waals surface area contributed by atoms with Crippen LogP contribution in [0, 0.1) is 0 Å². The zero-order valence-corrected chi connectivity index (χ0v) is 28.4. The van der Waals surface area contributed by atoms with Gasteiger partial charge in [0.25, 0.3) is 0 Å². The first kappa shape index (κ1) is 28.4. The number of rotatable bonds is 4. The summed E-state index contributed by atoms with van der Waals surface area (Å²) in [5, 5.41) is 7.64. The fourth-order valence-corrected chi connectivity index (χ4v) is 9.31. The maximum absolute atomic E-state index is 2.47. The van der Waals surface area contributed by atoms with Gasteiger partial charge in [0.15, 0.2) is 0 Å². The molecule has 51 heavy (non-hydrogen) atoms. The van der Waals surface area contributed by atoms with Gasteiger partial charge >= 0.3 is 0 Å². The molecule has 0 fully saturated rings. The maximum Gasteiger partial charge on any atom is 0.0548 e. The van der Waals surface area contributed by atoms with Crippen molar-refractivity contribution in [3.63, 3.8) is 0 Å². The highest BCUT2D eigenvalue weighted by Gasteiger charge is 2.20. The molecule has 0 amide bonds. The summed E-state index contributed by atoms with van der Waals surface area (Å²) in [6, 6.07) is 66.8. The second-order valence-corrected chi connectivity index (χ2v) is 14.5. The predicted molar refractivity (Wildman–Crippen MR) is 219 cm³/mol. The number of aromatic nitrogens is 2. The van der Waals surface area contributed by atoms with Crippen LogP contribution in [0.25, 0.3) is 97.4 Å². The number of benzene rings is 8. The lowest BCUT2D eigenvalue weighted by Gasteiger charge is -2.14. The average molecular weight is 667 g/mol. The first-order chi connectivity index (χ1) is 25.3. The van der Waals surface area contributed by atoms with E-state index < -0.39 is 0 Å². The van der Waals surface area contributed by atoms with Gasteiger partial charge in [0.05, 0.1) is 22.1 Å². The van der Waals surface area contributed by atoms with Crippen molar-refractivity contribution in [1.29, 1.82) is 0 Å². The third-order valence-corrected chi connectivity index (χ3v) is 11.6. The molecule has 0 bridgehead atoms. The fraction of sp³-hybridized carbons (Fsp3) is 0. The van der Waals surface area contributed by atoms with E-state index in [9.17, 15) is 0 Å². The zero-order chi connectivity index (χ0) is 33.5. The molecule has 0 unspecified atom stereocenters. The van der Waals surface area contributed by atoms with Crippen LogP contribution in [0.5, 0.6) is 0 Å². The van der Waals surface area contributed by atoms with Crippen LogP contribution in [-0.2, 0) is 0 Å². The molecule has 0 atom stereocenters. The lowest BCUT2D eigenvalue weighted by atomic mass is 9.98. The summed E-state index contributed by atoms with van der Waals surface area (Å²) in [5.41, 5.74) is 12.0. The summed E-state index contributed by atoms with van der Waals surface area (Å²) >= 11 is 1.87. The van der Waals surface area contributed by atoms with Crippen LogP contribution in [0.1, 0.15) is 0 Å². The van der Waals surface area contributed by atoms with Gasteiger partial charge in [-0.1, -0.05) is 121 Å². The van der Waals surface area contributed by atoms with E-state index in [1.54, 1.807) is 0 Å². The summed E-state index contributed by atoms with van der Waals surface area (Å²) in [7, 11) is 0. The van der Waals surface area contributed by atoms with Crippen LogP contribution in [0.4, 0.5) is 0 Å². The SMILES string of the molecule is c1ccc(-c2cc(-c3ccccc3)cc(-n3c4ccccc4c4cc5c(cc43)c3ccccc3n5-c3ccc4c(c3)sc3ccccc34)c2)cc1. The number of thiophene rings is 1. The van der Waals surface area contributed by atoms with Crippen LogP contribution >= 0.6 is 11.3 Å². The van der Waals surface area contributed by atoms with Crippen molar-refractivity contribution in [3.05, 3.63) is 182 Å². The quantitative estimate of drug-likeness (QED) is 0.177. The highest BCUT2D eigenvalue weighted by Crippen LogP contribution is 2.42. The third kappa shape index (κ3) is 4.35. The zero-order valence-electron chi connectivity index (χ0n) is 27.6. The van der Waals surface area contributed by atoms with Crippen LogP contribution in [0.2, 0.25) is 0 Å². The number of nitrogens with zero attached hydrogens (tertiary/aromatic N) is 2. The molecular formula is C48H30N2S. The molecular weight excluding hydrogens is 637 g/mol. The van der Waals surface area contributed by atoms with E-state index in [1.165, 1.54) is 91.7 Å². The Bertz CT molecular complexity index is 3070. The highest BCUT2D eigenvalue weighted by atomic mass is 32.1. The van der Waals surface area contributed by atoms with Crippen molar-refractivity contribution >= 4 is 75.1 Å². The first-order valence-electron chi connectivity index (χ1n) is 17.4. The highest BCUT2D eigenvalue weighted by molar-refractivity contribution is 7.25. The summed E-state index contributed by atoms with van der Waals surface area (Å²) in [6.45, 7) is 0. The third-order valence-electron chi connectivity index (χ3n) is 10.5. The molecule has 238 valence electrons. The summed E-state index contributed by atoms with van der Waals surface area (Å²) in [4.78, 5) is 0. The van der Waals surface area contributed by atoms with Crippen molar-refractivity contribution < 1.29 is 0 Å². The van der Waals surface area contributed by atoms with E-state index >= 15 is 0 Å². The molecule has 0 N–H and O–H groups in total. The topological polar surface area (TPSA) is 9.86 Å². The van der Waals surface area contributed by atoms with Crippen LogP contribution in [0.15, 0.2) is 182 Å². The molecule has 8 aromatic carbocycles. The number of fused-ring (bicyclic) bond motifs is 9. The Hall–Kier alpha value is -6.42. The molecule has 0 aliphatic rings. The number of hydrogen-bond acceptors (Lipinski definition) is 1. The second-order valence-electron chi connectivity index (χ2n) is 13.4. The number of hydrogen-bond donors (Lipinski definition) is 0.